The molecule has 1 aliphatic carbocycles. The summed E-state index contributed by atoms with van der Waals surface area (Å²) in [5, 5.41) is 10.5. The van der Waals surface area contributed by atoms with Crippen LogP contribution in [0.2, 0.25) is 0 Å². The van der Waals surface area contributed by atoms with Gasteiger partial charge in [0.05, 0.1) is 6.04 Å². The van der Waals surface area contributed by atoms with E-state index in [9.17, 15) is 4.79 Å². The summed E-state index contributed by atoms with van der Waals surface area (Å²) in [6.07, 6.45) is 5.18. The number of carbonyl (C=O) groups excluding carboxylic acids is 1. The molecule has 132 valence electrons. The van der Waals surface area contributed by atoms with Crippen LogP contribution in [0, 0.1) is 0 Å². The lowest BCUT2D eigenvalue weighted by Crippen LogP contribution is -2.24. The fraction of sp³-hybridized carbons (Fsp3) is 0.250. The smallest absolute Gasteiger partial charge is 0.249 e. The number of carbonyl (C=O) groups is 1. The van der Waals surface area contributed by atoms with Gasteiger partial charge in [0.25, 0.3) is 0 Å². The molecule has 0 spiro atoms. The second-order valence-electron chi connectivity index (χ2n) is 6.55. The Morgan fingerprint density at radius 2 is 1.92 bits per heavy atom. The van der Waals surface area contributed by atoms with Crippen molar-refractivity contribution in [2.45, 2.75) is 31.8 Å². The Hall–Kier alpha value is -3.15. The molecule has 2 N–H and O–H groups in total. The van der Waals surface area contributed by atoms with Gasteiger partial charge in [-0.05, 0) is 55.2 Å². The van der Waals surface area contributed by atoms with E-state index in [1.54, 1.807) is 6.92 Å². The highest BCUT2D eigenvalue weighted by molar-refractivity contribution is 5.93. The molecule has 0 saturated heterocycles. The van der Waals surface area contributed by atoms with Crippen LogP contribution < -0.4 is 10.6 Å². The number of amides is 1. The van der Waals surface area contributed by atoms with E-state index < -0.39 is 6.04 Å². The molecule has 2 atom stereocenters. The van der Waals surface area contributed by atoms with Crippen molar-refractivity contribution in [3.8, 4) is 0 Å². The van der Waals surface area contributed by atoms with E-state index in [0.717, 1.165) is 24.2 Å². The van der Waals surface area contributed by atoms with Gasteiger partial charge < -0.3 is 10.6 Å². The van der Waals surface area contributed by atoms with Gasteiger partial charge in [0.1, 0.15) is 18.7 Å². The zero-order valence-corrected chi connectivity index (χ0v) is 14.6. The summed E-state index contributed by atoms with van der Waals surface area (Å²) in [5.74, 6) is -0.124. The number of nitrogens with one attached hydrogen (secondary N) is 2. The normalized spacial score (nSPS) is 16.7. The van der Waals surface area contributed by atoms with Gasteiger partial charge in [0.2, 0.25) is 5.91 Å². The summed E-state index contributed by atoms with van der Waals surface area (Å²) < 4.78 is 1.53. The third kappa shape index (κ3) is 3.31. The predicted octanol–water partition coefficient (Wildman–Crippen LogP) is 3.58. The van der Waals surface area contributed by atoms with Gasteiger partial charge in [-0.3, -0.25) is 4.79 Å². The maximum atomic E-state index is 12.3. The maximum Gasteiger partial charge on any atom is 0.249 e. The van der Waals surface area contributed by atoms with Gasteiger partial charge in [-0.15, -0.1) is 0 Å². The van der Waals surface area contributed by atoms with E-state index >= 15 is 0 Å². The Kier molecular flexibility index (Phi) is 4.39. The highest BCUT2D eigenvalue weighted by Gasteiger charge is 2.21. The minimum absolute atomic E-state index is 0.124. The van der Waals surface area contributed by atoms with Crippen molar-refractivity contribution in [1.29, 1.82) is 0 Å². The fourth-order valence-electron chi connectivity index (χ4n) is 3.34. The summed E-state index contributed by atoms with van der Waals surface area (Å²) in [5.41, 5.74) is 4.62. The van der Waals surface area contributed by atoms with Gasteiger partial charge in [0, 0.05) is 11.4 Å². The third-order valence-electron chi connectivity index (χ3n) is 4.84. The van der Waals surface area contributed by atoms with Crippen LogP contribution in [0.3, 0.4) is 0 Å². The van der Waals surface area contributed by atoms with Crippen molar-refractivity contribution >= 4 is 17.3 Å². The molecule has 1 amide bonds. The predicted molar refractivity (Wildman–Crippen MR) is 101 cm³/mol. The topological polar surface area (TPSA) is 71.8 Å². The molecule has 0 fully saturated rings. The van der Waals surface area contributed by atoms with Crippen molar-refractivity contribution in [2.24, 2.45) is 0 Å². The molecular formula is C20H21N5O. The summed E-state index contributed by atoms with van der Waals surface area (Å²) >= 11 is 0. The van der Waals surface area contributed by atoms with Crippen molar-refractivity contribution in [2.75, 3.05) is 10.6 Å². The first-order valence-electron chi connectivity index (χ1n) is 8.80. The molecule has 1 aromatic heterocycles. The van der Waals surface area contributed by atoms with E-state index in [4.69, 9.17) is 0 Å². The van der Waals surface area contributed by atoms with Crippen LogP contribution in [0.4, 0.5) is 11.4 Å². The molecule has 4 rings (SSSR count). The lowest BCUT2D eigenvalue weighted by Gasteiger charge is -2.16. The second-order valence-corrected chi connectivity index (χ2v) is 6.55. The third-order valence-corrected chi connectivity index (χ3v) is 4.84. The lowest BCUT2D eigenvalue weighted by atomic mass is 10.1. The number of rotatable bonds is 5. The number of fused-ring (bicyclic) bond motifs is 1. The molecule has 0 radical (unpaired) electrons. The summed E-state index contributed by atoms with van der Waals surface area (Å²) in [6, 6.07) is 16.3. The van der Waals surface area contributed by atoms with Crippen LogP contribution in [0.15, 0.2) is 61.2 Å². The highest BCUT2D eigenvalue weighted by Crippen LogP contribution is 2.33. The first-order valence-corrected chi connectivity index (χ1v) is 8.80. The standard InChI is InChI=1S/C20H21N5O/c1-14(25-13-21-12-22-25)20(26)24-17-9-7-16(8-10-17)23-19-11-6-15-4-2-3-5-18(15)19/h2-5,7-10,12-14,19,23H,6,11H2,1H3,(H,24,26)/t14-,19-/m1/s1. The number of aromatic nitrogens is 3. The quantitative estimate of drug-likeness (QED) is 0.740. The molecule has 6 heteroatoms. The second kappa shape index (κ2) is 7.00. The Labute approximate surface area is 152 Å². The summed E-state index contributed by atoms with van der Waals surface area (Å²) in [6.45, 7) is 1.79. The van der Waals surface area contributed by atoms with Crippen LogP contribution in [0.5, 0.6) is 0 Å². The molecule has 0 saturated carbocycles. The van der Waals surface area contributed by atoms with Crippen LogP contribution >= 0.6 is 0 Å². The molecule has 2 aromatic carbocycles. The lowest BCUT2D eigenvalue weighted by molar-refractivity contribution is -0.119. The van der Waals surface area contributed by atoms with Crippen molar-refractivity contribution < 1.29 is 4.79 Å². The molecule has 0 bridgehead atoms. The molecule has 26 heavy (non-hydrogen) atoms. The van der Waals surface area contributed by atoms with Crippen LogP contribution in [-0.2, 0) is 11.2 Å². The molecule has 1 aliphatic rings. The minimum atomic E-state index is -0.412. The first-order chi connectivity index (χ1) is 12.7. The molecule has 0 aliphatic heterocycles. The van der Waals surface area contributed by atoms with Crippen LogP contribution in [0.1, 0.15) is 36.6 Å². The zero-order valence-electron chi connectivity index (χ0n) is 14.6. The monoisotopic (exact) mass is 347 g/mol. The van der Waals surface area contributed by atoms with Gasteiger partial charge in [-0.25, -0.2) is 9.67 Å². The van der Waals surface area contributed by atoms with Crippen molar-refractivity contribution in [1.82, 2.24) is 14.8 Å². The average molecular weight is 347 g/mol. The Morgan fingerprint density at radius 1 is 1.15 bits per heavy atom. The molecule has 6 nitrogen and oxygen atoms in total. The van der Waals surface area contributed by atoms with Crippen molar-refractivity contribution in [3.05, 3.63) is 72.3 Å². The van der Waals surface area contributed by atoms with Gasteiger partial charge >= 0.3 is 0 Å². The van der Waals surface area contributed by atoms with E-state index in [2.05, 4.69) is 45.0 Å². The van der Waals surface area contributed by atoms with Crippen LogP contribution in [-0.4, -0.2) is 20.7 Å². The number of aryl methyl sites for hydroxylation is 1. The molecule has 1 heterocycles. The molecule has 0 unspecified atom stereocenters. The van der Waals surface area contributed by atoms with Crippen molar-refractivity contribution in [3.63, 3.8) is 0 Å². The number of benzene rings is 2. The molecular weight excluding hydrogens is 326 g/mol. The number of hydrogen-bond donors (Lipinski definition) is 2. The van der Waals surface area contributed by atoms with Gasteiger partial charge in [-0.1, -0.05) is 24.3 Å². The first kappa shape index (κ1) is 16.3. The van der Waals surface area contributed by atoms with E-state index in [-0.39, 0.29) is 5.91 Å². The summed E-state index contributed by atoms with van der Waals surface area (Å²) in [4.78, 5) is 16.2. The SMILES string of the molecule is C[C@H](C(=O)Nc1ccc(N[C@@H]2CCc3ccccc32)cc1)n1cncn1. The Bertz CT molecular complexity index is 889. The number of anilines is 2. The van der Waals surface area contributed by atoms with Crippen LogP contribution in [0.25, 0.3) is 0 Å². The van der Waals surface area contributed by atoms with Gasteiger partial charge in [0.15, 0.2) is 0 Å². The summed E-state index contributed by atoms with van der Waals surface area (Å²) in [7, 11) is 0. The average Bonchev–Trinajstić information content (AvgIpc) is 3.33. The molecule has 3 aromatic rings. The van der Waals surface area contributed by atoms with E-state index in [0.29, 0.717) is 6.04 Å². The highest BCUT2D eigenvalue weighted by atomic mass is 16.2. The number of nitrogens with zero attached hydrogens (tertiary/aromatic N) is 3. The maximum absolute atomic E-state index is 12.3. The Balaban J connectivity index is 1.39. The fourth-order valence-corrected chi connectivity index (χ4v) is 3.34. The number of hydrogen-bond acceptors (Lipinski definition) is 4. The largest absolute Gasteiger partial charge is 0.378 e. The minimum Gasteiger partial charge on any atom is -0.378 e. The van der Waals surface area contributed by atoms with Gasteiger partial charge in [-0.2, -0.15) is 5.10 Å². The Morgan fingerprint density at radius 3 is 2.69 bits per heavy atom. The zero-order chi connectivity index (χ0) is 17.9. The van der Waals surface area contributed by atoms with E-state index in [1.165, 1.54) is 28.5 Å². The van der Waals surface area contributed by atoms with E-state index in [1.807, 2.05) is 24.3 Å².